The fraction of sp³-hybridized carbons (Fsp3) is 0.500. The summed E-state index contributed by atoms with van der Waals surface area (Å²) >= 11 is 0. The number of methoxy groups -OCH3 is 1. The van der Waals surface area contributed by atoms with Gasteiger partial charge < -0.3 is 25.8 Å². The van der Waals surface area contributed by atoms with Crippen LogP contribution in [0.25, 0.3) is 0 Å². The summed E-state index contributed by atoms with van der Waals surface area (Å²) in [7, 11) is 1.54. The van der Waals surface area contributed by atoms with Crippen LogP contribution in [0.5, 0.6) is 11.5 Å². The van der Waals surface area contributed by atoms with Crippen molar-refractivity contribution in [2.75, 3.05) is 25.6 Å². The van der Waals surface area contributed by atoms with Gasteiger partial charge in [-0.2, -0.15) is 0 Å². The summed E-state index contributed by atoms with van der Waals surface area (Å²) in [5, 5.41) is 5.21. The van der Waals surface area contributed by atoms with Crippen LogP contribution in [0, 0.1) is 5.92 Å². The topological polar surface area (TPSA) is 103 Å². The van der Waals surface area contributed by atoms with Gasteiger partial charge in [0.1, 0.15) is 11.5 Å². The van der Waals surface area contributed by atoms with Crippen molar-refractivity contribution in [1.82, 2.24) is 5.32 Å². The van der Waals surface area contributed by atoms with Crippen molar-refractivity contribution in [3.8, 4) is 11.5 Å². The van der Waals surface area contributed by atoms with Gasteiger partial charge in [-0.15, -0.1) is 0 Å². The Morgan fingerprint density at radius 1 is 1.30 bits per heavy atom. The second kappa shape index (κ2) is 8.99. The number of nitrogens with two attached hydrogens (primary N) is 1. The first kappa shape index (κ1) is 18.8. The van der Waals surface area contributed by atoms with Crippen LogP contribution in [-0.4, -0.2) is 38.1 Å². The number of rotatable bonds is 8. The highest BCUT2D eigenvalue weighted by Gasteiger charge is 2.18. The maximum Gasteiger partial charge on any atom is 0.243 e. The van der Waals surface area contributed by atoms with E-state index in [1.165, 1.54) is 7.11 Å². The third-order valence-electron chi connectivity index (χ3n) is 3.20. The second-order valence-electron chi connectivity index (χ2n) is 5.33. The zero-order chi connectivity index (χ0) is 17.4. The van der Waals surface area contributed by atoms with E-state index in [0.717, 1.165) is 0 Å². The van der Waals surface area contributed by atoms with Gasteiger partial charge in [0, 0.05) is 6.07 Å². The van der Waals surface area contributed by atoms with E-state index in [1.54, 1.807) is 18.2 Å². The van der Waals surface area contributed by atoms with E-state index >= 15 is 0 Å². The SMILES string of the molecule is CCOc1ccc(OC)cc1NC(=O)CNC(=O)[C@@H](N)C(C)C. The molecule has 0 fully saturated rings. The molecule has 0 unspecified atom stereocenters. The molecule has 0 radical (unpaired) electrons. The number of hydrogen-bond donors (Lipinski definition) is 3. The maximum absolute atomic E-state index is 12.0. The zero-order valence-electron chi connectivity index (χ0n) is 14.0. The minimum absolute atomic E-state index is 0.000928. The number of ether oxygens (including phenoxy) is 2. The predicted octanol–water partition coefficient (Wildman–Crippen LogP) is 1.13. The molecule has 1 rings (SSSR count). The molecule has 128 valence electrons. The lowest BCUT2D eigenvalue weighted by molar-refractivity contribution is -0.125. The number of benzene rings is 1. The lowest BCUT2D eigenvalue weighted by Crippen LogP contribution is -2.46. The van der Waals surface area contributed by atoms with Crippen LogP contribution in [0.15, 0.2) is 18.2 Å². The molecule has 0 aliphatic rings. The van der Waals surface area contributed by atoms with Crippen LogP contribution in [0.1, 0.15) is 20.8 Å². The quantitative estimate of drug-likeness (QED) is 0.665. The molecular weight excluding hydrogens is 298 g/mol. The third kappa shape index (κ3) is 5.78. The number of amides is 2. The van der Waals surface area contributed by atoms with Crippen LogP contribution in [0.2, 0.25) is 0 Å². The maximum atomic E-state index is 12.0. The normalized spacial score (nSPS) is 11.7. The molecule has 0 saturated carbocycles. The molecule has 7 nitrogen and oxygen atoms in total. The minimum Gasteiger partial charge on any atom is -0.497 e. The Morgan fingerprint density at radius 3 is 2.57 bits per heavy atom. The van der Waals surface area contributed by atoms with Crippen molar-refractivity contribution in [3.05, 3.63) is 18.2 Å². The van der Waals surface area contributed by atoms with Gasteiger partial charge in [-0.25, -0.2) is 0 Å². The molecule has 23 heavy (non-hydrogen) atoms. The summed E-state index contributed by atoms with van der Waals surface area (Å²) in [6, 6.07) is 4.47. The van der Waals surface area contributed by atoms with Gasteiger partial charge in [0.2, 0.25) is 11.8 Å². The molecule has 0 bridgehead atoms. The van der Waals surface area contributed by atoms with Gasteiger partial charge in [0.05, 0.1) is 32.0 Å². The zero-order valence-corrected chi connectivity index (χ0v) is 14.0. The molecule has 7 heteroatoms. The van der Waals surface area contributed by atoms with E-state index in [2.05, 4.69) is 10.6 Å². The summed E-state index contributed by atoms with van der Waals surface area (Å²) in [5.41, 5.74) is 6.20. The standard InChI is InChI=1S/C16H25N3O4/c1-5-23-13-7-6-11(22-4)8-12(13)19-14(20)9-18-16(21)15(17)10(2)3/h6-8,10,15H,5,9,17H2,1-4H3,(H,18,21)(H,19,20)/t15-/m0/s1. The monoisotopic (exact) mass is 323 g/mol. The average molecular weight is 323 g/mol. The molecule has 4 N–H and O–H groups in total. The van der Waals surface area contributed by atoms with Crippen molar-refractivity contribution >= 4 is 17.5 Å². The Morgan fingerprint density at radius 2 is 2.00 bits per heavy atom. The summed E-state index contributed by atoms with van der Waals surface area (Å²) in [6.07, 6.45) is 0. The molecule has 0 aliphatic heterocycles. The molecule has 2 amide bonds. The Labute approximate surface area is 136 Å². The Balaban J connectivity index is 2.67. The molecule has 1 aromatic carbocycles. The van der Waals surface area contributed by atoms with Crippen molar-refractivity contribution in [2.24, 2.45) is 11.7 Å². The molecule has 1 atom stereocenters. The first-order valence-corrected chi connectivity index (χ1v) is 7.53. The Kier molecular flexibility index (Phi) is 7.34. The van der Waals surface area contributed by atoms with Crippen molar-refractivity contribution < 1.29 is 19.1 Å². The van der Waals surface area contributed by atoms with Gasteiger partial charge in [0.25, 0.3) is 0 Å². The van der Waals surface area contributed by atoms with Gasteiger partial charge in [-0.05, 0) is 25.0 Å². The van der Waals surface area contributed by atoms with E-state index in [-0.39, 0.29) is 24.3 Å². The molecule has 0 aromatic heterocycles. The van der Waals surface area contributed by atoms with Crippen molar-refractivity contribution in [3.63, 3.8) is 0 Å². The lowest BCUT2D eigenvalue weighted by Gasteiger charge is -2.16. The van der Waals surface area contributed by atoms with Crippen LogP contribution in [-0.2, 0) is 9.59 Å². The minimum atomic E-state index is -0.640. The number of carbonyl (C=O) groups excluding carboxylic acids is 2. The van der Waals surface area contributed by atoms with Gasteiger partial charge in [-0.3, -0.25) is 9.59 Å². The van der Waals surface area contributed by atoms with Crippen molar-refractivity contribution in [2.45, 2.75) is 26.8 Å². The van der Waals surface area contributed by atoms with Crippen LogP contribution in [0.4, 0.5) is 5.69 Å². The van der Waals surface area contributed by atoms with Gasteiger partial charge >= 0.3 is 0 Å². The summed E-state index contributed by atoms with van der Waals surface area (Å²) in [6.45, 7) is 5.84. The van der Waals surface area contributed by atoms with E-state index in [0.29, 0.717) is 23.8 Å². The molecule has 0 aliphatic carbocycles. The van der Waals surface area contributed by atoms with E-state index < -0.39 is 6.04 Å². The van der Waals surface area contributed by atoms with Crippen LogP contribution in [0.3, 0.4) is 0 Å². The van der Waals surface area contributed by atoms with E-state index in [1.807, 2.05) is 20.8 Å². The van der Waals surface area contributed by atoms with Crippen LogP contribution >= 0.6 is 0 Å². The summed E-state index contributed by atoms with van der Waals surface area (Å²) < 4.78 is 10.6. The predicted molar refractivity (Wildman–Crippen MR) is 88.6 cm³/mol. The van der Waals surface area contributed by atoms with Gasteiger partial charge in [-0.1, -0.05) is 13.8 Å². The van der Waals surface area contributed by atoms with Crippen LogP contribution < -0.4 is 25.8 Å². The fourth-order valence-corrected chi connectivity index (χ4v) is 1.80. The van der Waals surface area contributed by atoms with E-state index in [4.69, 9.17) is 15.2 Å². The lowest BCUT2D eigenvalue weighted by atomic mass is 10.1. The highest BCUT2D eigenvalue weighted by Crippen LogP contribution is 2.29. The molecular formula is C16H25N3O4. The second-order valence-corrected chi connectivity index (χ2v) is 5.33. The number of nitrogens with one attached hydrogen (secondary N) is 2. The number of anilines is 1. The average Bonchev–Trinajstić information content (AvgIpc) is 2.53. The largest absolute Gasteiger partial charge is 0.497 e. The molecule has 1 aromatic rings. The number of hydrogen-bond acceptors (Lipinski definition) is 5. The first-order valence-electron chi connectivity index (χ1n) is 7.53. The van der Waals surface area contributed by atoms with E-state index in [9.17, 15) is 9.59 Å². The molecule has 0 heterocycles. The smallest absolute Gasteiger partial charge is 0.243 e. The highest BCUT2D eigenvalue weighted by atomic mass is 16.5. The van der Waals surface area contributed by atoms with Crippen molar-refractivity contribution in [1.29, 1.82) is 0 Å². The Hall–Kier alpha value is -2.28. The Bertz CT molecular complexity index is 546. The highest BCUT2D eigenvalue weighted by molar-refractivity contribution is 5.96. The number of carbonyl (C=O) groups is 2. The molecule has 0 spiro atoms. The first-order chi connectivity index (χ1) is 10.9. The van der Waals surface area contributed by atoms with Gasteiger partial charge in [0.15, 0.2) is 0 Å². The summed E-state index contributed by atoms with van der Waals surface area (Å²) in [5.74, 6) is 0.400. The molecule has 0 saturated heterocycles. The third-order valence-corrected chi connectivity index (χ3v) is 3.20. The fourth-order valence-electron chi connectivity index (χ4n) is 1.80. The summed E-state index contributed by atoms with van der Waals surface area (Å²) in [4.78, 5) is 23.8.